The quantitative estimate of drug-likeness (QED) is 0.792. The fraction of sp³-hybridized carbons (Fsp3) is 0.357. The Morgan fingerprint density at radius 3 is 2.80 bits per heavy atom. The lowest BCUT2D eigenvalue weighted by Crippen LogP contribution is -2.53. The average Bonchev–Trinajstić information content (AvgIpc) is 2.74. The Hall–Kier alpha value is -2.37. The van der Waals surface area contributed by atoms with Gasteiger partial charge in [0, 0.05) is 12.1 Å². The third-order valence-electron chi connectivity index (χ3n) is 3.68. The Morgan fingerprint density at radius 1 is 1.30 bits per heavy atom. The Kier molecular flexibility index (Phi) is 2.93. The van der Waals surface area contributed by atoms with Gasteiger partial charge in [-0.15, -0.1) is 0 Å². The number of nitrogens with one attached hydrogen (secondary N) is 1. The molecule has 0 aliphatic carbocycles. The second kappa shape index (κ2) is 4.63. The number of carbonyl (C=O) groups is 3. The van der Waals surface area contributed by atoms with E-state index in [9.17, 15) is 14.4 Å². The number of amides is 3. The van der Waals surface area contributed by atoms with Crippen molar-refractivity contribution in [2.45, 2.75) is 25.3 Å². The molecule has 1 aromatic carbocycles. The third-order valence-corrected chi connectivity index (χ3v) is 3.68. The van der Waals surface area contributed by atoms with Crippen LogP contribution in [-0.4, -0.2) is 30.9 Å². The molecule has 3 rings (SSSR count). The summed E-state index contributed by atoms with van der Waals surface area (Å²) in [4.78, 5) is 36.8. The largest absolute Gasteiger partial charge is 0.497 e. The predicted molar refractivity (Wildman–Crippen MR) is 70.4 cm³/mol. The van der Waals surface area contributed by atoms with Crippen molar-refractivity contribution in [2.75, 3.05) is 12.0 Å². The second-order valence-electron chi connectivity index (χ2n) is 4.90. The number of hydrogen-bond acceptors (Lipinski definition) is 4. The summed E-state index contributed by atoms with van der Waals surface area (Å²) < 4.78 is 5.14. The number of hydrogen-bond donors (Lipinski definition) is 1. The van der Waals surface area contributed by atoms with Gasteiger partial charge in [-0.2, -0.15) is 0 Å². The molecule has 104 valence electrons. The highest BCUT2D eigenvalue weighted by Crippen LogP contribution is 2.34. The Morgan fingerprint density at radius 2 is 2.10 bits per heavy atom. The van der Waals surface area contributed by atoms with Crippen molar-refractivity contribution in [3.05, 3.63) is 23.8 Å². The molecule has 2 aliphatic heterocycles. The first kappa shape index (κ1) is 12.7. The van der Waals surface area contributed by atoms with Gasteiger partial charge in [0.2, 0.25) is 17.7 Å². The van der Waals surface area contributed by atoms with Crippen molar-refractivity contribution in [1.82, 2.24) is 5.32 Å². The number of anilines is 1. The van der Waals surface area contributed by atoms with Gasteiger partial charge >= 0.3 is 0 Å². The summed E-state index contributed by atoms with van der Waals surface area (Å²) in [5.74, 6) is -0.129. The summed E-state index contributed by atoms with van der Waals surface area (Å²) in [6, 6.07) is 4.74. The molecule has 0 radical (unpaired) electrons. The molecule has 0 spiro atoms. The van der Waals surface area contributed by atoms with Gasteiger partial charge in [0.1, 0.15) is 11.8 Å². The highest BCUT2D eigenvalue weighted by Gasteiger charge is 2.39. The van der Waals surface area contributed by atoms with Crippen LogP contribution in [0.4, 0.5) is 5.69 Å². The minimum atomic E-state index is -0.602. The monoisotopic (exact) mass is 274 g/mol. The topological polar surface area (TPSA) is 75.7 Å². The van der Waals surface area contributed by atoms with Crippen LogP contribution in [0.15, 0.2) is 18.2 Å². The predicted octanol–water partition coefficient (Wildman–Crippen LogP) is 0.389. The van der Waals surface area contributed by atoms with Gasteiger partial charge in [-0.1, -0.05) is 0 Å². The van der Waals surface area contributed by atoms with E-state index in [4.69, 9.17) is 4.74 Å². The van der Waals surface area contributed by atoms with Crippen LogP contribution in [0.3, 0.4) is 0 Å². The fourth-order valence-corrected chi connectivity index (χ4v) is 2.72. The molecule has 1 atom stereocenters. The highest BCUT2D eigenvalue weighted by atomic mass is 16.5. The summed E-state index contributed by atoms with van der Waals surface area (Å²) in [5, 5.41) is 2.28. The molecule has 3 amide bonds. The van der Waals surface area contributed by atoms with Crippen molar-refractivity contribution in [1.29, 1.82) is 0 Å². The molecular weight excluding hydrogens is 260 g/mol. The number of nitrogens with zero attached hydrogens (tertiary/aromatic N) is 1. The summed E-state index contributed by atoms with van der Waals surface area (Å²) in [7, 11) is 1.57. The van der Waals surface area contributed by atoms with Crippen LogP contribution in [0.25, 0.3) is 0 Å². The maximum atomic E-state index is 12.2. The molecule has 6 nitrogen and oxygen atoms in total. The van der Waals surface area contributed by atoms with Crippen molar-refractivity contribution in [3.8, 4) is 5.75 Å². The van der Waals surface area contributed by atoms with Gasteiger partial charge in [-0.3, -0.25) is 24.6 Å². The number of carbonyl (C=O) groups excluding carboxylic acids is 3. The van der Waals surface area contributed by atoms with Gasteiger partial charge in [-0.25, -0.2) is 0 Å². The molecule has 20 heavy (non-hydrogen) atoms. The van der Waals surface area contributed by atoms with Gasteiger partial charge < -0.3 is 4.74 Å². The minimum absolute atomic E-state index is 0.122. The van der Waals surface area contributed by atoms with E-state index >= 15 is 0 Å². The average molecular weight is 274 g/mol. The van der Waals surface area contributed by atoms with Crippen LogP contribution in [0.5, 0.6) is 5.75 Å². The number of methoxy groups -OCH3 is 1. The van der Waals surface area contributed by atoms with Crippen LogP contribution in [0.1, 0.15) is 18.4 Å². The van der Waals surface area contributed by atoms with Crippen LogP contribution in [-0.2, 0) is 20.8 Å². The molecule has 1 fully saturated rings. The normalized spacial score (nSPS) is 21.8. The zero-order valence-corrected chi connectivity index (χ0v) is 11.0. The van der Waals surface area contributed by atoms with E-state index in [0.29, 0.717) is 12.2 Å². The lowest BCUT2D eigenvalue weighted by molar-refractivity contribution is -0.135. The fourth-order valence-electron chi connectivity index (χ4n) is 2.72. The standard InChI is InChI=1S/C14H14N2O4/c1-20-9-2-3-10-8(6-9)7-13(18)16(10)11-4-5-12(17)15-14(11)19/h2-3,6,11H,4-5,7H2,1H3,(H,15,17,19). The summed E-state index contributed by atoms with van der Waals surface area (Å²) in [6.45, 7) is 0. The minimum Gasteiger partial charge on any atom is -0.497 e. The zero-order chi connectivity index (χ0) is 14.3. The van der Waals surface area contributed by atoms with Crippen molar-refractivity contribution >= 4 is 23.4 Å². The summed E-state index contributed by atoms with van der Waals surface area (Å²) >= 11 is 0. The Balaban J connectivity index is 1.94. The van der Waals surface area contributed by atoms with Crippen molar-refractivity contribution in [2.24, 2.45) is 0 Å². The first-order chi connectivity index (χ1) is 9.60. The van der Waals surface area contributed by atoms with Crippen molar-refractivity contribution in [3.63, 3.8) is 0 Å². The van der Waals surface area contributed by atoms with Gasteiger partial charge in [0.25, 0.3) is 0 Å². The highest BCUT2D eigenvalue weighted by molar-refractivity contribution is 6.10. The lowest BCUT2D eigenvalue weighted by atomic mass is 10.0. The maximum Gasteiger partial charge on any atom is 0.249 e. The van der Waals surface area contributed by atoms with Gasteiger partial charge in [0.15, 0.2) is 0 Å². The molecule has 0 aromatic heterocycles. The number of ether oxygens (including phenoxy) is 1. The molecule has 2 aliphatic rings. The van der Waals surface area contributed by atoms with E-state index in [-0.39, 0.29) is 24.7 Å². The number of piperidine rings is 1. The van der Waals surface area contributed by atoms with Crippen LogP contribution in [0.2, 0.25) is 0 Å². The SMILES string of the molecule is COc1ccc2c(c1)CC(=O)N2C1CCC(=O)NC1=O. The maximum absolute atomic E-state index is 12.2. The van der Waals surface area contributed by atoms with Crippen molar-refractivity contribution < 1.29 is 19.1 Å². The molecule has 1 unspecified atom stereocenters. The Bertz CT molecular complexity index is 611. The van der Waals surface area contributed by atoms with Crippen LogP contribution in [0, 0.1) is 0 Å². The second-order valence-corrected chi connectivity index (χ2v) is 4.90. The van der Waals surface area contributed by atoms with E-state index < -0.39 is 11.9 Å². The first-order valence-corrected chi connectivity index (χ1v) is 6.43. The van der Waals surface area contributed by atoms with E-state index in [1.54, 1.807) is 25.3 Å². The lowest BCUT2D eigenvalue weighted by Gasteiger charge is -2.30. The van der Waals surface area contributed by atoms with Crippen LogP contribution >= 0.6 is 0 Å². The van der Waals surface area contributed by atoms with E-state index in [1.165, 1.54) is 4.90 Å². The first-order valence-electron chi connectivity index (χ1n) is 6.43. The molecular formula is C14H14N2O4. The zero-order valence-electron chi connectivity index (χ0n) is 11.0. The van der Waals surface area contributed by atoms with Gasteiger partial charge in [0.05, 0.1) is 13.5 Å². The summed E-state index contributed by atoms with van der Waals surface area (Å²) in [5.41, 5.74) is 1.57. The molecule has 1 N–H and O–H groups in total. The van der Waals surface area contributed by atoms with Gasteiger partial charge in [-0.05, 0) is 30.2 Å². The van der Waals surface area contributed by atoms with E-state index in [0.717, 1.165) is 11.3 Å². The van der Waals surface area contributed by atoms with E-state index in [2.05, 4.69) is 5.32 Å². The molecule has 2 heterocycles. The number of rotatable bonds is 2. The summed E-state index contributed by atoms with van der Waals surface area (Å²) in [6.07, 6.45) is 0.873. The molecule has 0 saturated carbocycles. The number of imide groups is 1. The molecule has 6 heteroatoms. The number of fused-ring (bicyclic) bond motifs is 1. The molecule has 1 aromatic rings. The Labute approximate surface area is 115 Å². The van der Waals surface area contributed by atoms with E-state index in [1.807, 2.05) is 0 Å². The van der Waals surface area contributed by atoms with Crippen LogP contribution < -0.4 is 15.0 Å². The third kappa shape index (κ3) is 1.93. The smallest absolute Gasteiger partial charge is 0.249 e. The molecule has 1 saturated heterocycles. The number of benzene rings is 1. The molecule has 0 bridgehead atoms.